The highest BCUT2D eigenvalue weighted by molar-refractivity contribution is 7.82. The summed E-state index contributed by atoms with van der Waals surface area (Å²) in [5, 5.41) is 2.15. The van der Waals surface area contributed by atoms with E-state index in [0.717, 1.165) is 15.6 Å². The van der Waals surface area contributed by atoms with Crippen LogP contribution >= 0.6 is 35.8 Å². The van der Waals surface area contributed by atoms with Gasteiger partial charge in [0.2, 0.25) is 0 Å². The molecule has 106 valence electrons. The topological polar surface area (TPSA) is 29.0 Å². The SMILES string of the molecule is CC.CC.CN(S)c1sc(-c2cccnc2)nc1Cl. The van der Waals surface area contributed by atoms with Crippen molar-refractivity contribution in [3.8, 4) is 10.6 Å². The molecule has 19 heavy (non-hydrogen) atoms. The van der Waals surface area contributed by atoms with E-state index in [1.54, 1.807) is 16.7 Å². The predicted octanol–water partition coefficient (Wildman–Crippen LogP) is 5.19. The number of halogens is 1. The van der Waals surface area contributed by atoms with Crippen LogP contribution in [0.5, 0.6) is 0 Å². The smallest absolute Gasteiger partial charge is 0.165 e. The second-order valence-corrected chi connectivity index (χ2v) is 4.82. The van der Waals surface area contributed by atoms with Gasteiger partial charge >= 0.3 is 0 Å². The number of aromatic nitrogens is 2. The maximum absolute atomic E-state index is 5.98. The number of thiol groups is 1. The molecule has 2 aromatic heterocycles. The Labute approximate surface area is 130 Å². The lowest BCUT2D eigenvalue weighted by molar-refractivity contribution is 1.31. The molecule has 0 amide bonds. The third-order valence-corrected chi connectivity index (χ3v) is 3.66. The highest BCUT2D eigenvalue weighted by Crippen LogP contribution is 2.37. The summed E-state index contributed by atoms with van der Waals surface area (Å²) >= 11 is 11.7. The van der Waals surface area contributed by atoms with Crippen LogP contribution in [0.2, 0.25) is 5.15 Å². The molecule has 2 heterocycles. The number of anilines is 1. The lowest BCUT2D eigenvalue weighted by Crippen LogP contribution is -1.97. The Hall–Kier alpha value is -0.780. The molecule has 3 nitrogen and oxygen atoms in total. The van der Waals surface area contributed by atoms with Crippen molar-refractivity contribution < 1.29 is 0 Å². The van der Waals surface area contributed by atoms with E-state index in [9.17, 15) is 0 Å². The number of nitrogens with zero attached hydrogens (tertiary/aromatic N) is 3. The van der Waals surface area contributed by atoms with Gasteiger partial charge < -0.3 is 4.31 Å². The normalized spacial score (nSPS) is 8.79. The highest BCUT2D eigenvalue weighted by atomic mass is 35.5. The van der Waals surface area contributed by atoms with Crippen LogP contribution in [0.25, 0.3) is 10.6 Å². The Bertz CT molecular complexity index is 458. The van der Waals surface area contributed by atoms with Crippen molar-refractivity contribution in [3.63, 3.8) is 0 Å². The van der Waals surface area contributed by atoms with E-state index in [-0.39, 0.29) is 0 Å². The molecule has 0 radical (unpaired) electrons. The van der Waals surface area contributed by atoms with Gasteiger partial charge in [-0.2, -0.15) is 0 Å². The first kappa shape index (κ1) is 18.2. The summed E-state index contributed by atoms with van der Waals surface area (Å²) in [5.74, 6) is 0. The zero-order valence-electron chi connectivity index (χ0n) is 11.9. The van der Waals surface area contributed by atoms with Crippen molar-refractivity contribution in [3.05, 3.63) is 29.7 Å². The summed E-state index contributed by atoms with van der Waals surface area (Å²) in [6, 6.07) is 3.82. The van der Waals surface area contributed by atoms with Crippen molar-refractivity contribution in [2.75, 3.05) is 11.4 Å². The molecule has 0 N–H and O–H groups in total. The molecule has 2 rings (SSSR count). The van der Waals surface area contributed by atoms with E-state index >= 15 is 0 Å². The molecular formula is C13H20ClN3S2. The number of hydrogen-bond acceptors (Lipinski definition) is 5. The first-order valence-corrected chi connectivity index (χ1v) is 7.77. The minimum absolute atomic E-state index is 0.469. The molecule has 6 heteroatoms. The van der Waals surface area contributed by atoms with Gasteiger partial charge in [0, 0.05) is 25.0 Å². The Morgan fingerprint density at radius 1 is 1.26 bits per heavy atom. The van der Waals surface area contributed by atoms with Crippen LogP contribution in [0.4, 0.5) is 5.00 Å². The molecule has 0 fully saturated rings. The number of hydrogen-bond donors (Lipinski definition) is 1. The molecular weight excluding hydrogens is 298 g/mol. The zero-order valence-corrected chi connectivity index (χ0v) is 14.4. The molecule has 2 aromatic rings. The molecule has 0 saturated carbocycles. The van der Waals surface area contributed by atoms with Gasteiger partial charge in [0.15, 0.2) is 5.15 Å². The van der Waals surface area contributed by atoms with Crippen molar-refractivity contribution in [1.29, 1.82) is 0 Å². The Morgan fingerprint density at radius 3 is 2.32 bits per heavy atom. The summed E-state index contributed by atoms with van der Waals surface area (Å²) in [4.78, 5) is 8.29. The minimum atomic E-state index is 0.469. The molecule has 0 aliphatic heterocycles. The van der Waals surface area contributed by atoms with Gasteiger partial charge in [-0.1, -0.05) is 63.4 Å². The van der Waals surface area contributed by atoms with Crippen LogP contribution in [0.3, 0.4) is 0 Å². The molecule has 0 atom stereocenters. The molecule has 0 spiro atoms. The van der Waals surface area contributed by atoms with Crippen LogP contribution in [-0.2, 0) is 0 Å². The van der Waals surface area contributed by atoms with Crippen LogP contribution in [0.15, 0.2) is 24.5 Å². The molecule has 0 bridgehead atoms. The quantitative estimate of drug-likeness (QED) is 0.773. The van der Waals surface area contributed by atoms with Gasteiger partial charge in [-0.3, -0.25) is 4.98 Å². The van der Waals surface area contributed by atoms with E-state index in [1.165, 1.54) is 11.3 Å². The first-order chi connectivity index (χ1) is 9.18. The fourth-order valence-electron chi connectivity index (χ4n) is 1.11. The van der Waals surface area contributed by atoms with Crippen LogP contribution in [0.1, 0.15) is 27.7 Å². The minimum Gasteiger partial charge on any atom is -0.311 e. The van der Waals surface area contributed by atoms with Gasteiger partial charge in [-0.25, -0.2) is 4.98 Å². The van der Waals surface area contributed by atoms with E-state index in [2.05, 4.69) is 22.8 Å². The Morgan fingerprint density at radius 2 is 1.89 bits per heavy atom. The first-order valence-electron chi connectivity index (χ1n) is 6.18. The van der Waals surface area contributed by atoms with E-state index in [0.29, 0.717) is 5.15 Å². The predicted molar refractivity (Wildman–Crippen MR) is 90.4 cm³/mol. The van der Waals surface area contributed by atoms with Crippen molar-refractivity contribution in [1.82, 2.24) is 9.97 Å². The summed E-state index contributed by atoms with van der Waals surface area (Å²) < 4.78 is 1.65. The molecule has 0 unspecified atom stereocenters. The second-order valence-electron chi connectivity index (χ2n) is 2.88. The maximum Gasteiger partial charge on any atom is 0.165 e. The standard InChI is InChI=1S/C9H8ClN3S2.2C2H6/c1-13(14)9-7(10)12-8(15-9)6-3-2-4-11-5-6;2*1-2/h2-5,14H,1H3;2*1-2H3. The largest absolute Gasteiger partial charge is 0.311 e. The summed E-state index contributed by atoms with van der Waals surface area (Å²) in [7, 11) is 1.82. The van der Waals surface area contributed by atoms with Crippen molar-refractivity contribution >= 4 is 40.8 Å². The fraction of sp³-hybridized carbons (Fsp3) is 0.385. The average molecular weight is 318 g/mol. The summed E-state index contributed by atoms with van der Waals surface area (Å²) in [6.07, 6.45) is 3.49. The lowest BCUT2D eigenvalue weighted by Gasteiger charge is -2.05. The van der Waals surface area contributed by atoms with Crippen molar-refractivity contribution in [2.45, 2.75) is 27.7 Å². The zero-order chi connectivity index (χ0) is 14.8. The van der Waals surface area contributed by atoms with Gasteiger partial charge in [0.1, 0.15) is 10.0 Å². The van der Waals surface area contributed by atoms with Gasteiger partial charge in [-0.15, -0.1) is 0 Å². The number of pyridine rings is 1. The van der Waals surface area contributed by atoms with Gasteiger partial charge in [-0.05, 0) is 12.1 Å². The molecule has 0 aliphatic rings. The number of thiazole rings is 1. The van der Waals surface area contributed by atoms with Gasteiger partial charge in [0.25, 0.3) is 0 Å². The monoisotopic (exact) mass is 317 g/mol. The summed E-state index contributed by atoms with van der Waals surface area (Å²) in [5.41, 5.74) is 0.964. The van der Waals surface area contributed by atoms with Gasteiger partial charge in [0.05, 0.1) is 0 Å². The molecule has 0 aliphatic carbocycles. The van der Waals surface area contributed by atoms with Crippen molar-refractivity contribution in [2.24, 2.45) is 0 Å². The average Bonchev–Trinajstić information content (AvgIpc) is 2.86. The maximum atomic E-state index is 5.98. The summed E-state index contributed by atoms with van der Waals surface area (Å²) in [6.45, 7) is 8.00. The van der Waals surface area contributed by atoms with E-state index < -0.39 is 0 Å². The second kappa shape index (κ2) is 10.1. The van der Waals surface area contributed by atoms with Crippen LogP contribution in [0, 0.1) is 0 Å². The lowest BCUT2D eigenvalue weighted by atomic mass is 10.3. The van der Waals surface area contributed by atoms with E-state index in [4.69, 9.17) is 11.6 Å². The Balaban J connectivity index is 0.000000741. The molecule has 0 aromatic carbocycles. The van der Waals surface area contributed by atoms with Crippen LogP contribution in [-0.4, -0.2) is 17.0 Å². The van der Waals surface area contributed by atoms with Crippen LogP contribution < -0.4 is 4.31 Å². The third kappa shape index (κ3) is 5.38. The Kier molecular flexibility index (Phi) is 9.65. The molecule has 0 saturated heterocycles. The van der Waals surface area contributed by atoms with E-state index in [1.807, 2.05) is 46.9 Å². The third-order valence-electron chi connectivity index (χ3n) is 1.77. The fourth-order valence-corrected chi connectivity index (χ4v) is 2.58. The highest BCUT2D eigenvalue weighted by Gasteiger charge is 2.12. The number of rotatable bonds is 2.